The second kappa shape index (κ2) is 8.94. The van der Waals surface area contributed by atoms with Gasteiger partial charge in [0.15, 0.2) is 5.82 Å². The molecule has 0 atom stereocenters. The van der Waals surface area contributed by atoms with E-state index in [-0.39, 0.29) is 11.4 Å². The minimum atomic E-state index is -0.362. The van der Waals surface area contributed by atoms with Gasteiger partial charge in [-0.1, -0.05) is 39.0 Å². The number of carbonyl (C=O) groups excluding carboxylic acids is 1. The standard InChI is InChI=1S/C26H28N4O3/c1-6-33-25(31)18-10-13-21-20(15-18)27-23(14-9-17-7-11-19(32-5)12-8-17)30(21)24-16-22(28-29-24)26(2,3)4/h7-16H,6H2,1-5H3,(H,28,29)/b14-9+. The molecule has 0 spiro atoms. The number of hydrogen-bond acceptors (Lipinski definition) is 5. The van der Waals surface area contributed by atoms with Crippen LogP contribution in [0.2, 0.25) is 0 Å². The minimum Gasteiger partial charge on any atom is -0.497 e. The van der Waals surface area contributed by atoms with Gasteiger partial charge >= 0.3 is 5.97 Å². The van der Waals surface area contributed by atoms with Crippen molar-refractivity contribution in [1.29, 1.82) is 0 Å². The lowest BCUT2D eigenvalue weighted by molar-refractivity contribution is 0.0526. The van der Waals surface area contributed by atoms with Crippen LogP contribution in [0.15, 0.2) is 48.5 Å². The van der Waals surface area contributed by atoms with Crippen molar-refractivity contribution in [1.82, 2.24) is 19.7 Å². The molecule has 0 saturated carbocycles. The Morgan fingerprint density at radius 1 is 1.09 bits per heavy atom. The monoisotopic (exact) mass is 444 g/mol. The van der Waals surface area contributed by atoms with Gasteiger partial charge in [-0.05, 0) is 48.9 Å². The molecule has 0 radical (unpaired) electrons. The fourth-order valence-electron chi connectivity index (χ4n) is 3.49. The molecule has 0 amide bonds. The van der Waals surface area contributed by atoms with E-state index >= 15 is 0 Å². The Labute approximate surface area is 193 Å². The van der Waals surface area contributed by atoms with Gasteiger partial charge in [-0.2, -0.15) is 5.10 Å². The first-order chi connectivity index (χ1) is 15.8. The minimum absolute atomic E-state index is 0.0716. The van der Waals surface area contributed by atoms with Crippen molar-refractivity contribution in [2.45, 2.75) is 33.1 Å². The third kappa shape index (κ3) is 4.67. The lowest BCUT2D eigenvalue weighted by Crippen LogP contribution is -2.11. The zero-order valence-corrected chi connectivity index (χ0v) is 19.5. The van der Waals surface area contributed by atoms with Crippen LogP contribution in [0.5, 0.6) is 5.75 Å². The van der Waals surface area contributed by atoms with Crippen molar-refractivity contribution in [2.24, 2.45) is 0 Å². The van der Waals surface area contributed by atoms with Crippen molar-refractivity contribution in [3.63, 3.8) is 0 Å². The first kappa shape index (κ1) is 22.3. The second-order valence-electron chi connectivity index (χ2n) is 8.73. The average molecular weight is 445 g/mol. The molecule has 0 aliphatic rings. The van der Waals surface area contributed by atoms with Crippen molar-refractivity contribution in [3.05, 3.63) is 71.2 Å². The van der Waals surface area contributed by atoms with E-state index in [0.717, 1.165) is 28.3 Å². The largest absolute Gasteiger partial charge is 0.497 e. The van der Waals surface area contributed by atoms with E-state index in [2.05, 4.69) is 31.0 Å². The molecule has 7 nitrogen and oxygen atoms in total. The molecule has 0 unspecified atom stereocenters. The molecule has 4 rings (SSSR count). The summed E-state index contributed by atoms with van der Waals surface area (Å²) in [6, 6.07) is 15.2. The topological polar surface area (TPSA) is 82.0 Å². The lowest BCUT2D eigenvalue weighted by Gasteiger charge is -2.14. The normalized spacial score (nSPS) is 11.9. The summed E-state index contributed by atoms with van der Waals surface area (Å²) in [7, 11) is 1.65. The van der Waals surface area contributed by atoms with Crippen molar-refractivity contribution < 1.29 is 14.3 Å². The summed E-state index contributed by atoms with van der Waals surface area (Å²) in [4.78, 5) is 17.0. The summed E-state index contributed by atoms with van der Waals surface area (Å²) < 4.78 is 12.4. The van der Waals surface area contributed by atoms with Crippen LogP contribution in [0.4, 0.5) is 0 Å². The number of methoxy groups -OCH3 is 1. The van der Waals surface area contributed by atoms with E-state index < -0.39 is 0 Å². The van der Waals surface area contributed by atoms with Gasteiger partial charge in [0.25, 0.3) is 0 Å². The number of nitrogens with one attached hydrogen (secondary N) is 1. The highest BCUT2D eigenvalue weighted by atomic mass is 16.5. The molecule has 4 aromatic rings. The Morgan fingerprint density at radius 3 is 2.48 bits per heavy atom. The number of imidazole rings is 1. The van der Waals surface area contributed by atoms with Gasteiger partial charge in [-0.3, -0.25) is 9.67 Å². The number of esters is 1. The highest BCUT2D eigenvalue weighted by Crippen LogP contribution is 2.27. The number of H-pyrrole nitrogens is 1. The smallest absolute Gasteiger partial charge is 0.338 e. The SMILES string of the molecule is CCOC(=O)c1ccc2c(c1)nc(/C=C/c1ccc(OC)cc1)n2-c1cc(C(C)(C)C)[nH]n1. The molecule has 1 N–H and O–H groups in total. The predicted octanol–water partition coefficient (Wildman–Crippen LogP) is 5.40. The summed E-state index contributed by atoms with van der Waals surface area (Å²) >= 11 is 0. The third-order valence-corrected chi connectivity index (χ3v) is 5.33. The fourth-order valence-corrected chi connectivity index (χ4v) is 3.49. The number of benzene rings is 2. The molecule has 170 valence electrons. The van der Waals surface area contributed by atoms with Gasteiger partial charge in [-0.15, -0.1) is 0 Å². The Bertz CT molecular complexity index is 1310. The maximum absolute atomic E-state index is 12.2. The van der Waals surface area contributed by atoms with Crippen LogP contribution in [0.3, 0.4) is 0 Å². The maximum atomic E-state index is 12.2. The molecule has 7 heteroatoms. The van der Waals surface area contributed by atoms with E-state index in [1.54, 1.807) is 26.2 Å². The van der Waals surface area contributed by atoms with Gasteiger partial charge < -0.3 is 9.47 Å². The Kier molecular flexibility index (Phi) is 6.05. The Balaban J connectivity index is 1.82. The van der Waals surface area contributed by atoms with Crippen LogP contribution in [-0.4, -0.2) is 39.4 Å². The van der Waals surface area contributed by atoms with Gasteiger partial charge in [-0.25, -0.2) is 9.78 Å². The second-order valence-corrected chi connectivity index (χ2v) is 8.73. The van der Waals surface area contributed by atoms with Crippen molar-refractivity contribution in [3.8, 4) is 11.6 Å². The number of nitrogens with zero attached hydrogens (tertiary/aromatic N) is 3. The number of fused-ring (bicyclic) bond motifs is 1. The highest BCUT2D eigenvalue weighted by molar-refractivity contribution is 5.94. The number of hydrogen-bond donors (Lipinski definition) is 1. The summed E-state index contributed by atoms with van der Waals surface area (Å²) in [5, 5.41) is 7.70. The van der Waals surface area contributed by atoms with Crippen LogP contribution >= 0.6 is 0 Å². The molecule has 2 aromatic heterocycles. The molecule has 0 aliphatic carbocycles. The number of aromatic nitrogens is 4. The molecule has 0 fully saturated rings. The average Bonchev–Trinajstić information content (AvgIpc) is 3.42. The van der Waals surface area contributed by atoms with E-state index in [4.69, 9.17) is 14.5 Å². The first-order valence-electron chi connectivity index (χ1n) is 10.9. The molecular formula is C26H28N4O3. The number of carbonyl (C=O) groups is 1. The number of ether oxygens (including phenoxy) is 2. The van der Waals surface area contributed by atoms with E-state index in [0.29, 0.717) is 23.5 Å². The summed E-state index contributed by atoms with van der Waals surface area (Å²) in [5.74, 6) is 1.88. The molecular weight excluding hydrogens is 416 g/mol. The Morgan fingerprint density at radius 2 is 1.85 bits per heavy atom. The molecule has 0 bridgehead atoms. The Hall–Kier alpha value is -3.87. The van der Waals surface area contributed by atoms with Crippen LogP contribution in [0.1, 0.15) is 55.1 Å². The number of aromatic amines is 1. The highest BCUT2D eigenvalue weighted by Gasteiger charge is 2.20. The van der Waals surface area contributed by atoms with Crippen LogP contribution in [0.25, 0.3) is 29.0 Å². The van der Waals surface area contributed by atoms with E-state index in [9.17, 15) is 4.79 Å². The third-order valence-electron chi connectivity index (χ3n) is 5.33. The fraction of sp³-hybridized carbons (Fsp3) is 0.269. The van der Waals surface area contributed by atoms with E-state index in [1.807, 2.05) is 53.1 Å². The van der Waals surface area contributed by atoms with Gasteiger partial charge in [0.05, 0.1) is 30.3 Å². The molecule has 2 heterocycles. The molecule has 33 heavy (non-hydrogen) atoms. The summed E-state index contributed by atoms with van der Waals surface area (Å²) in [6.45, 7) is 8.51. The van der Waals surface area contributed by atoms with Crippen LogP contribution in [-0.2, 0) is 10.2 Å². The summed E-state index contributed by atoms with van der Waals surface area (Å²) in [6.07, 6.45) is 3.93. The quantitative estimate of drug-likeness (QED) is 0.403. The van der Waals surface area contributed by atoms with Gasteiger partial charge in [0.1, 0.15) is 11.6 Å². The number of rotatable bonds is 6. The maximum Gasteiger partial charge on any atom is 0.338 e. The summed E-state index contributed by atoms with van der Waals surface area (Å²) in [5.41, 5.74) is 3.97. The molecule has 0 saturated heterocycles. The zero-order valence-electron chi connectivity index (χ0n) is 19.5. The lowest BCUT2D eigenvalue weighted by atomic mass is 9.92. The van der Waals surface area contributed by atoms with E-state index in [1.165, 1.54) is 0 Å². The van der Waals surface area contributed by atoms with Gasteiger partial charge in [0, 0.05) is 17.2 Å². The zero-order chi connectivity index (χ0) is 23.6. The van der Waals surface area contributed by atoms with Gasteiger partial charge in [0.2, 0.25) is 0 Å². The first-order valence-corrected chi connectivity index (χ1v) is 10.9. The van der Waals surface area contributed by atoms with Crippen molar-refractivity contribution >= 4 is 29.2 Å². The predicted molar refractivity (Wildman–Crippen MR) is 130 cm³/mol. The molecule has 2 aromatic carbocycles. The van der Waals surface area contributed by atoms with Crippen LogP contribution < -0.4 is 4.74 Å². The molecule has 0 aliphatic heterocycles. The van der Waals surface area contributed by atoms with Crippen molar-refractivity contribution in [2.75, 3.05) is 13.7 Å². The van der Waals surface area contributed by atoms with Crippen LogP contribution in [0, 0.1) is 0 Å².